The topological polar surface area (TPSA) is 12.4 Å². The van der Waals surface area contributed by atoms with Gasteiger partial charge in [-0.25, -0.2) is 0 Å². The molecule has 10 heavy (non-hydrogen) atoms. The Bertz CT molecular complexity index is 143. The number of allylic oxidation sites excluding steroid dienone is 2. The predicted octanol–water partition coefficient (Wildman–Crippen LogP) is 2.95. The molecule has 0 aromatic carbocycles. The first kappa shape index (κ1) is 9.15. The summed E-state index contributed by atoms with van der Waals surface area (Å²) in [6, 6.07) is 0. The van der Waals surface area contributed by atoms with Crippen molar-refractivity contribution in [2.75, 3.05) is 0 Å². The van der Waals surface area contributed by atoms with Gasteiger partial charge >= 0.3 is 0 Å². The lowest BCUT2D eigenvalue weighted by atomic mass is 10.3. The summed E-state index contributed by atoms with van der Waals surface area (Å²) < 4.78 is 0. The fourth-order valence-electron chi connectivity index (χ4n) is 0.428. The van der Waals surface area contributed by atoms with Gasteiger partial charge in [0.25, 0.3) is 0 Å². The molecule has 0 aliphatic carbocycles. The van der Waals surface area contributed by atoms with Gasteiger partial charge in [0.15, 0.2) is 0 Å². The fraction of sp³-hybridized carbons (Fsp3) is 0.444. The van der Waals surface area contributed by atoms with Gasteiger partial charge in [0.05, 0.1) is 0 Å². The van der Waals surface area contributed by atoms with Crippen LogP contribution in [-0.4, -0.2) is 5.71 Å². The van der Waals surface area contributed by atoms with Crippen LogP contribution in [0.25, 0.3) is 0 Å². The highest BCUT2D eigenvalue weighted by atomic mass is 14.7. The van der Waals surface area contributed by atoms with Gasteiger partial charge < -0.3 is 0 Å². The molecule has 0 atom stereocenters. The van der Waals surface area contributed by atoms with E-state index in [1.807, 2.05) is 25.3 Å². The van der Waals surface area contributed by atoms with E-state index in [0.717, 1.165) is 12.8 Å². The smallest absolute Gasteiger partial charge is 0.0230 e. The van der Waals surface area contributed by atoms with Gasteiger partial charge in [-0.3, -0.25) is 4.99 Å². The molecule has 1 heteroatoms. The molecule has 0 amide bonds. The Morgan fingerprint density at radius 1 is 1.60 bits per heavy atom. The summed E-state index contributed by atoms with van der Waals surface area (Å²) in [5.74, 6) is 0. The summed E-state index contributed by atoms with van der Waals surface area (Å²) in [6.07, 6.45) is 7.61. The molecule has 0 aliphatic rings. The molecular formula is C9H15N. The third-order valence-electron chi connectivity index (χ3n) is 1.21. The largest absolute Gasteiger partial charge is 0.266 e. The molecule has 0 N–H and O–H groups in total. The second kappa shape index (κ2) is 6.27. The third-order valence-corrected chi connectivity index (χ3v) is 1.21. The van der Waals surface area contributed by atoms with Crippen LogP contribution < -0.4 is 0 Å². The Kier molecular flexibility index (Phi) is 5.74. The van der Waals surface area contributed by atoms with Crippen LogP contribution in [0.5, 0.6) is 0 Å². The van der Waals surface area contributed by atoms with Crippen molar-refractivity contribution in [3.8, 4) is 0 Å². The van der Waals surface area contributed by atoms with Crippen LogP contribution in [0.2, 0.25) is 0 Å². The van der Waals surface area contributed by atoms with E-state index in [2.05, 4.69) is 18.5 Å². The van der Waals surface area contributed by atoms with Crippen LogP contribution in [0.15, 0.2) is 29.9 Å². The lowest BCUT2D eigenvalue weighted by Gasteiger charge is -1.87. The van der Waals surface area contributed by atoms with Gasteiger partial charge in [-0.1, -0.05) is 19.1 Å². The molecule has 0 aliphatic heterocycles. The van der Waals surface area contributed by atoms with E-state index in [1.54, 1.807) is 0 Å². The maximum atomic E-state index is 4.17. The van der Waals surface area contributed by atoms with E-state index in [9.17, 15) is 0 Å². The first-order valence-corrected chi connectivity index (χ1v) is 3.60. The molecule has 0 aromatic heterocycles. The normalized spacial score (nSPS) is 12.4. The number of aliphatic imine (C=N–C) groups is 1. The Morgan fingerprint density at radius 3 is 2.80 bits per heavy atom. The summed E-state index contributed by atoms with van der Waals surface area (Å²) in [5, 5.41) is 0. The molecule has 56 valence electrons. The zero-order valence-electron chi connectivity index (χ0n) is 6.80. The van der Waals surface area contributed by atoms with Crippen LogP contribution in [0.4, 0.5) is 0 Å². The number of hydrogen-bond acceptors (Lipinski definition) is 1. The van der Waals surface area contributed by atoms with E-state index >= 15 is 0 Å². The van der Waals surface area contributed by atoms with Crippen LogP contribution in [0.1, 0.15) is 26.7 Å². The molecule has 0 rings (SSSR count). The van der Waals surface area contributed by atoms with Crippen LogP contribution in [0.3, 0.4) is 0 Å². The predicted molar refractivity (Wildman–Crippen MR) is 47.4 cm³/mol. The average Bonchev–Trinajstić information content (AvgIpc) is 1.98. The summed E-state index contributed by atoms with van der Waals surface area (Å²) in [4.78, 5) is 4.17. The minimum absolute atomic E-state index is 0.903. The molecular weight excluding hydrogens is 122 g/mol. The molecule has 0 spiro atoms. The second-order valence-electron chi connectivity index (χ2n) is 2.13. The molecule has 0 bridgehead atoms. The van der Waals surface area contributed by atoms with E-state index in [-0.39, 0.29) is 0 Å². The fourth-order valence-corrected chi connectivity index (χ4v) is 0.428. The summed E-state index contributed by atoms with van der Waals surface area (Å²) in [5.41, 5.74) is 1.17. The Morgan fingerprint density at radius 2 is 2.30 bits per heavy atom. The van der Waals surface area contributed by atoms with Crippen LogP contribution >= 0.6 is 0 Å². The van der Waals surface area contributed by atoms with Gasteiger partial charge in [-0.05, 0) is 19.8 Å². The number of nitrogens with zero attached hydrogens (tertiary/aromatic N) is 1. The lowest BCUT2D eigenvalue weighted by Crippen LogP contribution is -1.83. The second-order valence-corrected chi connectivity index (χ2v) is 2.13. The zero-order chi connectivity index (χ0) is 7.82. The van der Waals surface area contributed by atoms with Crippen molar-refractivity contribution < 1.29 is 0 Å². The SMILES string of the molecule is C=CC/C=C\N=C(/C)CC. The maximum absolute atomic E-state index is 4.17. The minimum Gasteiger partial charge on any atom is -0.266 e. The quantitative estimate of drug-likeness (QED) is 0.417. The first-order chi connectivity index (χ1) is 4.81. The highest BCUT2D eigenvalue weighted by Crippen LogP contribution is 1.88. The van der Waals surface area contributed by atoms with Crippen molar-refractivity contribution in [2.45, 2.75) is 26.7 Å². The van der Waals surface area contributed by atoms with Gasteiger partial charge in [-0.2, -0.15) is 0 Å². The molecule has 0 unspecified atom stereocenters. The van der Waals surface area contributed by atoms with E-state index in [0.29, 0.717) is 0 Å². The molecule has 0 saturated heterocycles. The molecule has 0 aromatic rings. The van der Waals surface area contributed by atoms with E-state index < -0.39 is 0 Å². The zero-order valence-corrected chi connectivity index (χ0v) is 6.80. The highest BCUT2D eigenvalue weighted by molar-refractivity contribution is 5.82. The third kappa shape index (κ3) is 5.29. The molecule has 0 fully saturated rings. The lowest BCUT2D eigenvalue weighted by molar-refractivity contribution is 1.24. The Labute approximate surface area is 63.2 Å². The van der Waals surface area contributed by atoms with Crippen molar-refractivity contribution in [3.05, 3.63) is 24.9 Å². The molecule has 0 heterocycles. The Hall–Kier alpha value is -0.850. The summed E-state index contributed by atoms with van der Waals surface area (Å²) >= 11 is 0. The van der Waals surface area contributed by atoms with Gasteiger partial charge in [-0.15, -0.1) is 6.58 Å². The molecule has 0 radical (unpaired) electrons. The van der Waals surface area contributed by atoms with E-state index in [1.165, 1.54) is 5.71 Å². The van der Waals surface area contributed by atoms with Crippen LogP contribution in [0, 0.1) is 0 Å². The highest BCUT2D eigenvalue weighted by Gasteiger charge is 1.78. The maximum Gasteiger partial charge on any atom is 0.0230 e. The van der Waals surface area contributed by atoms with Crippen molar-refractivity contribution >= 4 is 5.71 Å². The number of hydrogen-bond donors (Lipinski definition) is 0. The van der Waals surface area contributed by atoms with E-state index in [4.69, 9.17) is 0 Å². The van der Waals surface area contributed by atoms with Crippen LogP contribution in [-0.2, 0) is 0 Å². The van der Waals surface area contributed by atoms with Crippen molar-refractivity contribution in [3.63, 3.8) is 0 Å². The monoisotopic (exact) mass is 137 g/mol. The van der Waals surface area contributed by atoms with Crippen molar-refractivity contribution in [1.29, 1.82) is 0 Å². The average molecular weight is 137 g/mol. The van der Waals surface area contributed by atoms with Crippen molar-refractivity contribution in [2.24, 2.45) is 4.99 Å². The van der Waals surface area contributed by atoms with Crippen molar-refractivity contribution in [1.82, 2.24) is 0 Å². The molecule has 0 saturated carbocycles. The van der Waals surface area contributed by atoms with Gasteiger partial charge in [0.1, 0.15) is 0 Å². The standard InChI is InChI=1S/C9H15N/c1-4-6-7-8-10-9(3)5-2/h4,7-8H,1,5-6H2,2-3H3/b8-7-,10-9+. The summed E-state index contributed by atoms with van der Waals surface area (Å²) in [6.45, 7) is 7.72. The van der Waals surface area contributed by atoms with Gasteiger partial charge in [0, 0.05) is 11.9 Å². The number of rotatable bonds is 4. The Balaban J connectivity index is 3.58. The first-order valence-electron chi connectivity index (χ1n) is 3.60. The summed E-state index contributed by atoms with van der Waals surface area (Å²) in [7, 11) is 0. The van der Waals surface area contributed by atoms with Gasteiger partial charge in [0.2, 0.25) is 0 Å². The minimum atomic E-state index is 0.903. The molecule has 1 nitrogen and oxygen atoms in total.